The summed E-state index contributed by atoms with van der Waals surface area (Å²) in [6.45, 7) is 4.12. The molecule has 5 nitrogen and oxygen atoms in total. The zero-order valence-corrected chi connectivity index (χ0v) is 11.6. The fourth-order valence-corrected chi connectivity index (χ4v) is 3.04. The first kappa shape index (κ1) is 13.1. The van der Waals surface area contributed by atoms with Crippen molar-refractivity contribution in [3.8, 4) is 0 Å². The van der Waals surface area contributed by atoms with Gasteiger partial charge in [0.2, 0.25) is 5.89 Å². The van der Waals surface area contributed by atoms with Crippen molar-refractivity contribution in [3.05, 3.63) is 11.7 Å². The van der Waals surface area contributed by atoms with E-state index in [9.17, 15) is 0 Å². The predicted molar refractivity (Wildman–Crippen MR) is 71.0 cm³/mol. The van der Waals surface area contributed by atoms with Gasteiger partial charge in [-0.2, -0.15) is 4.98 Å². The molecule has 1 N–H and O–H groups in total. The van der Waals surface area contributed by atoms with Gasteiger partial charge in [-0.05, 0) is 45.6 Å². The summed E-state index contributed by atoms with van der Waals surface area (Å²) in [5.41, 5.74) is 0. The smallest absolute Gasteiger partial charge is 0.229 e. The molecule has 3 unspecified atom stereocenters. The van der Waals surface area contributed by atoms with E-state index in [4.69, 9.17) is 9.26 Å². The Morgan fingerprint density at radius 1 is 1.32 bits per heavy atom. The largest absolute Gasteiger partial charge is 0.378 e. The molecule has 3 heterocycles. The molecule has 2 fully saturated rings. The quantitative estimate of drug-likeness (QED) is 0.906. The van der Waals surface area contributed by atoms with Crippen LogP contribution in [-0.4, -0.2) is 35.4 Å². The number of aromatic nitrogens is 2. The van der Waals surface area contributed by atoms with E-state index >= 15 is 0 Å². The molecule has 0 saturated carbocycles. The molecule has 1 aromatic rings. The maximum absolute atomic E-state index is 5.72. The Balaban J connectivity index is 1.59. The molecule has 0 amide bonds. The number of hydrogen-bond acceptors (Lipinski definition) is 5. The minimum Gasteiger partial charge on any atom is -0.378 e. The molecule has 19 heavy (non-hydrogen) atoms. The number of nitrogens with zero attached hydrogens (tertiary/aromatic N) is 2. The molecule has 2 aliphatic heterocycles. The predicted octanol–water partition coefficient (Wildman–Crippen LogP) is 2.04. The van der Waals surface area contributed by atoms with Crippen LogP contribution in [0.1, 0.15) is 56.7 Å². The van der Waals surface area contributed by atoms with Crippen LogP contribution in [0.2, 0.25) is 0 Å². The van der Waals surface area contributed by atoms with Crippen molar-refractivity contribution in [1.29, 1.82) is 0 Å². The van der Waals surface area contributed by atoms with Crippen LogP contribution in [0.3, 0.4) is 0 Å². The zero-order chi connectivity index (χ0) is 13.1. The molecule has 3 rings (SSSR count). The van der Waals surface area contributed by atoms with Crippen LogP contribution in [0, 0.1) is 0 Å². The van der Waals surface area contributed by atoms with E-state index in [2.05, 4.69) is 22.4 Å². The first-order chi connectivity index (χ1) is 9.31. The van der Waals surface area contributed by atoms with Gasteiger partial charge in [-0.3, -0.25) is 0 Å². The molecular formula is C14H23N3O2. The van der Waals surface area contributed by atoms with Gasteiger partial charge in [-0.1, -0.05) is 5.16 Å². The van der Waals surface area contributed by atoms with E-state index in [0.29, 0.717) is 12.0 Å². The Kier molecular flexibility index (Phi) is 4.13. The summed E-state index contributed by atoms with van der Waals surface area (Å²) < 4.78 is 11.2. The van der Waals surface area contributed by atoms with E-state index in [1.807, 2.05) is 0 Å². The van der Waals surface area contributed by atoms with Gasteiger partial charge in [-0.15, -0.1) is 0 Å². The molecule has 0 aromatic carbocycles. The van der Waals surface area contributed by atoms with Crippen LogP contribution in [0.5, 0.6) is 0 Å². The number of piperidine rings is 1. The highest BCUT2D eigenvalue weighted by atomic mass is 16.5. The Bertz CT molecular complexity index is 401. The molecule has 106 valence electrons. The van der Waals surface area contributed by atoms with Gasteiger partial charge in [0.15, 0.2) is 5.82 Å². The third-order valence-electron chi connectivity index (χ3n) is 4.14. The third kappa shape index (κ3) is 3.34. The molecule has 2 aliphatic rings. The highest BCUT2D eigenvalue weighted by molar-refractivity contribution is 4.98. The molecule has 1 aromatic heterocycles. The van der Waals surface area contributed by atoms with Crippen LogP contribution in [0.4, 0.5) is 0 Å². The van der Waals surface area contributed by atoms with Crippen molar-refractivity contribution in [3.63, 3.8) is 0 Å². The highest BCUT2D eigenvalue weighted by Gasteiger charge is 2.25. The Hall–Kier alpha value is -0.940. The maximum Gasteiger partial charge on any atom is 0.229 e. The van der Waals surface area contributed by atoms with Gasteiger partial charge in [0.1, 0.15) is 0 Å². The van der Waals surface area contributed by atoms with Gasteiger partial charge >= 0.3 is 0 Å². The van der Waals surface area contributed by atoms with Crippen LogP contribution in [0.25, 0.3) is 0 Å². The second kappa shape index (κ2) is 6.01. The van der Waals surface area contributed by atoms with Gasteiger partial charge in [-0.25, -0.2) is 0 Å². The summed E-state index contributed by atoms with van der Waals surface area (Å²) in [6, 6.07) is 0.538. The fourth-order valence-electron chi connectivity index (χ4n) is 3.04. The normalized spacial score (nSPS) is 32.4. The van der Waals surface area contributed by atoms with E-state index in [0.717, 1.165) is 50.6 Å². The van der Waals surface area contributed by atoms with Gasteiger partial charge in [0.25, 0.3) is 0 Å². The molecule has 0 aliphatic carbocycles. The summed E-state index contributed by atoms with van der Waals surface area (Å²) >= 11 is 0. The van der Waals surface area contributed by atoms with Crippen molar-refractivity contribution in [2.75, 3.05) is 13.2 Å². The Morgan fingerprint density at radius 3 is 3.05 bits per heavy atom. The first-order valence-electron chi connectivity index (χ1n) is 7.48. The minimum absolute atomic E-state index is 0.283. The number of hydrogen-bond donors (Lipinski definition) is 1. The van der Waals surface area contributed by atoms with Gasteiger partial charge in [0, 0.05) is 25.0 Å². The lowest BCUT2D eigenvalue weighted by Gasteiger charge is -2.25. The molecule has 0 radical (unpaired) electrons. The average molecular weight is 265 g/mol. The summed E-state index contributed by atoms with van der Waals surface area (Å²) in [4.78, 5) is 4.58. The van der Waals surface area contributed by atoms with E-state index in [-0.39, 0.29) is 6.10 Å². The van der Waals surface area contributed by atoms with Gasteiger partial charge < -0.3 is 14.6 Å². The van der Waals surface area contributed by atoms with E-state index in [1.54, 1.807) is 0 Å². The minimum atomic E-state index is 0.283. The molecule has 5 heteroatoms. The molecule has 0 spiro atoms. The molecular weight excluding hydrogens is 242 g/mol. The maximum atomic E-state index is 5.72. The highest BCUT2D eigenvalue weighted by Crippen LogP contribution is 2.26. The lowest BCUT2D eigenvalue weighted by molar-refractivity contribution is 0.0153. The van der Waals surface area contributed by atoms with Gasteiger partial charge in [0.05, 0.1) is 6.10 Å². The SMILES string of the molecule is CC1CC(c2nc(CC3CCCCO3)no2)CCN1. The van der Waals surface area contributed by atoms with Crippen LogP contribution in [-0.2, 0) is 11.2 Å². The standard InChI is InChI=1S/C14H23N3O2/c1-10-8-11(5-6-15-10)14-16-13(17-19-14)9-12-4-2-3-7-18-12/h10-12,15H,2-9H2,1H3. The van der Waals surface area contributed by atoms with Crippen LogP contribution in [0.15, 0.2) is 4.52 Å². The summed E-state index contributed by atoms with van der Waals surface area (Å²) in [6.07, 6.45) is 6.81. The third-order valence-corrected chi connectivity index (χ3v) is 4.14. The molecule has 2 saturated heterocycles. The first-order valence-corrected chi connectivity index (χ1v) is 7.48. The number of rotatable bonds is 3. The van der Waals surface area contributed by atoms with Crippen LogP contribution < -0.4 is 5.32 Å². The Morgan fingerprint density at radius 2 is 2.26 bits per heavy atom. The number of nitrogens with one attached hydrogen (secondary N) is 1. The summed E-state index contributed by atoms with van der Waals surface area (Å²) in [7, 11) is 0. The lowest BCUT2D eigenvalue weighted by Crippen LogP contribution is -2.35. The molecule has 3 atom stereocenters. The number of ether oxygens (including phenoxy) is 1. The van der Waals surface area contributed by atoms with E-state index in [1.165, 1.54) is 12.8 Å². The van der Waals surface area contributed by atoms with Crippen LogP contribution >= 0.6 is 0 Å². The van der Waals surface area contributed by atoms with Crippen molar-refractivity contribution in [1.82, 2.24) is 15.5 Å². The monoisotopic (exact) mass is 265 g/mol. The molecule has 0 bridgehead atoms. The van der Waals surface area contributed by atoms with Crippen molar-refractivity contribution in [2.45, 2.75) is 63.5 Å². The lowest BCUT2D eigenvalue weighted by atomic mass is 9.93. The van der Waals surface area contributed by atoms with Crippen molar-refractivity contribution in [2.24, 2.45) is 0 Å². The van der Waals surface area contributed by atoms with E-state index < -0.39 is 0 Å². The summed E-state index contributed by atoms with van der Waals surface area (Å²) in [5.74, 6) is 2.05. The van der Waals surface area contributed by atoms with Crippen molar-refractivity contribution < 1.29 is 9.26 Å². The topological polar surface area (TPSA) is 60.2 Å². The summed E-state index contributed by atoms with van der Waals surface area (Å²) in [5, 5.41) is 7.57. The second-order valence-electron chi connectivity index (χ2n) is 5.82. The Labute approximate surface area is 114 Å². The fraction of sp³-hybridized carbons (Fsp3) is 0.857. The second-order valence-corrected chi connectivity index (χ2v) is 5.82. The average Bonchev–Trinajstić information content (AvgIpc) is 2.88. The zero-order valence-electron chi connectivity index (χ0n) is 11.6. The van der Waals surface area contributed by atoms with Crippen molar-refractivity contribution >= 4 is 0 Å².